The molecule has 2 amide bonds. The number of carboxylic acid groups (broad SMARTS) is 1. The third-order valence-electron chi connectivity index (χ3n) is 8.81. The van der Waals surface area contributed by atoms with E-state index < -0.39 is 23.1 Å². The average molecular weight is 554 g/mol. The molecule has 1 heterocycles. The van der Waals surface area contributed by atoms with Crippen molar-refractivity contribution >= 4 is 18.0 Å². The van der Waals surface area contributed by atoms with Crippen molar-refractivity contribution < 1.29 is 24.2 Å². The molecule has 1 saturated heterocycles. The van der Waals surface area contributed by atoms with Crippen LogP contribution >= 0.6 is 0 Å². The van der Waals surface area contributed by atoms with Crippen LogP contribution in [0.25, 0.3) is 11.1 Å². The number of piperidine rings is 1. The summed E-state index contributed by atoms with van der Waals surface area (Å²) in [5.41, 5.74) is 3.79. The molecule has 41 heavy (non-hydrogen) atoms. The van der Waals surface area contributed by atoms with E-state index in [1.54, 1.807) is 0 Å². The molecule has 0 unspecified atom stereocenters. The van der Waals surface area contributed by atoms with Gasteiger partial charge in [-0.25, -0.2) is 9.59 Å². The number of aliphatic carboxylic acids is 1. The summed E-state index contributed by atoms with van der Waals surface area (Å²) in [5, 5.41) is 15.3. The molecule has 0 bridgehead atoms. The highest BCUT2D eigenvalue weighted by atomic mass is 16.5. The van der Waals surface area contributed by atoms with Gasteiger partial charge in [0.15, 0.2) is 0 Å². The second-order valence-electron chi connectivity index (χ2n) is 11.6. The second-order valence-corrected chi connectivity index (χ2v) is 11.6. The van der Waals surface area contributed by atoms with Gasteiger partial charge in [0.1, 0.15) is 12.1 Å². The zero-order valence-corrected chi connectivity index (χ0v) is 23.0. The number of alkyl carbamates (subject to hydrolysis) is 1. The number of carbonyl (C=O) groups excluding carboxylic acids is 2. The summed E-state index contributed by atoms with van der Waals surface area (Å²) < 4.78 is 5.83. The molecule has 3 aromatic carbocycles. The Morgan fingerprint density at radius 1 is 0.805 bits per heavy atom. The van der Waals surface area contributed by atoms with Crippen molar-refractivity contribution in [3.63, 3.8) is 0 Å². The minimum absolute atomic E-state index is 0.00536. The maximum atomic E-state index is 13.3. The van der Waals surface area contributed by atoms with Gasteiger partial charge in [-0.15, -0.1) is 0 Å². The number of fused-ring (bicyclic) bond motifs is 3. The van der Waals surface area contributed by atoms with Crippen molar-refractivity contribution in [1.29, 1.82) is 0 Å². The molecule has 0 spiro atoms. The van der Waals surface area contributed by atoms with Crippen LogP contribution in [0.2, 0.25) is 0 Å². The molecule has 2 fully saturated rings. The summed E-state index contributed by atoms with van der Waals surface area (Å²) in [6, 6.07) is 26.6. The maximum absolute atomic E-state index is 13.3. The number of carbonyl (C=O) groups is 3. The third kappa shape index (κ3) is 5.70. The predicted molar refractivity (Wildman–Crippen MR) is 154 cm³/mol. The molecule has 0 radical (unpaired) electrons. The molecule has 2 aliphatic carbocycles. The lowest BCUT2D eigenvalue weighted by Gasteiger charge is -2.42. The number of carboxylic acids is 1. The van der Waals surface area contributed by atoms with E-state index in [1.807, 2.05) is 42.5 Å². The van der Waals surface area contributed by atoms with Gasteiger partial charge in [-0.05, 0) is 53.5 Å². The first-order chi connectivity index (χ1) is 19.9. The summed E-state index contributed by atoms with van der Waals surface area (Å²) in [6.45, 7) is 2.35. The summed E-state index contributed by atoms with van der Waals surface area (Å²) in [4.78, 5) is 40.3. The Morgan fingerprint density at radius 2 is 1.39 bits per heavy atom. The van der Waals surface area contributed by atoms with Crippen molar-refractivity contribution in [3.05, 3.63) is 95.6 Å². The smallest absolute Gasteiger partial charge is 0.407 e. The fourth-order valence-electron chi connectivity index (χ4n) is 6.31. The Balaban J connectivity index is 1.13. The number of likely N-dealkylation sites (tertiary alicyclic amines) is 1. The largest absolute Gasteiger partial charge is 0.480 e. The van der Waals surface area contributed by atoms with Crippen molar-refractivity contribution in [1.82, 2.24) is 15.5 Å². The van der Waals surface area contributed by atoms with Crippen LogP contribution in [0.1, 0.15) is 54.7 Å². The topological polar surface area (TPSA) is 108 Å². The van der Waals surface area contributed by atoms with E-state index in [1.165, 1.54) is 5.56 Å². The van der Waals surface area contributed by atoms with Gasteiger partial charge >= 0.3 is 12.1 Å². The molecule has 1 saturated carbocycles. The lowest BCUT2D eigenvalue weighted by atomic mass is 9.83. The van der Waals surface area contributed by atoms with Gasteiger partial charge in [0, 0.05) is 32.0 Å². The van der Waals surface area contributed by atoms with E-state index in [9.17, 15) is 19.5 Å². The minimum atomic E-state index is -1.17. The Hall–Kier alpha value is -4.17. The first kappa shape index (κ1) is 27.0. The van der Waals surface area contributed by atoms with Gasteiger partial charge in [0.25, 0.3) is 0 Å². The first-order valence-corrected chi connectivity index (χ1v) is 14.3. The van der Waals surface area contributed by atoms with Crippen LogP contribution in [-0.2, 0) is 20.9 Å². The van der Waals surface area contributed by atoms with Crippen LogP contribution in [-0.4, -0.2) is 58.8 Å². The second kappa shape index (κ2) is 11.0. The monoisotopic (exact) mass is 553 g/mol. The van der Waals surface area contributed by atoms with Crippen LogP contribution in [0.5, 0.6) is 0 Å². The predicted octanol–water partition coefficient (Wildman–Crippen LogP) is 4.68. The normalized spacial score (nSPS) is 18.5. The maximum Gasteiger partial charge on any atom is 0.407 e. The van der Waals surface area contributed by atoms with Crippen LogP contribution in [0, 0.1) is 0 Å². The molecule has 8 heteroatoms. The summed E-state index contributed by atoms with van der Waals surface area (Å²) in [5.74, 6) is -1.44. The van der Waals surface area contributed by atoms with E-state index in [0.29, 0.717) is 38.8 Å². The third-order valence-corrected chi connectivity index (χ3v) is 8.81. The Kier molecular flexibility index (Phi) is 7.26. The van der Waals surface area contributed by atoms with Crippen LogP contribution in [0.4, 0.5) is 4.79 Å². The minimum Gasteiger partial charge on any atom is -0.480 e. The molecule has 3 aliphatic rings. The highest BCUT2D eigenvalue weighted by Gasteiger charge is 2.52. The molecule has 6 rings (SSSR count). The van der Waals surface area contributed by atoms with Crippen molar-refractivity contribution in [2.45, 2.75) is 55.6 Å². The van der Waals surface area contributed by atoms with Gasteiger partial charge in [-0.2, -0.15) is 0 Å². The van der Waals surface area contributed by atoms with E-state index in [4.69, 9.17) is 4.74 Å². The zero-order valence-electron chi connectivity index (χ0n) is 23.0. The van der Waals surface area contributed by atoms with Crippen LogP contribution < -0.4 is 10.6 Å². The number of benzene rings is 3. The summed E-state index contributed by atoms with van der Waals surface area (Å²) >= 11 is 0. The van der Waals surface area contributed by atoms with Crippen molar-refractivity contribution in [3.8, 4) is 11.1 Å². The Morgan fingerprint density at radius 3 is 1.98 bits per heavy atom. The Bertz CT molecular complexity index is 1400. The molecule has 3 aromatic rings. The van der Waals surface area contributed by atoms with E-state index in [-0.39, 0.29) is 24.9 Å². The summed E-state index contributed by atoms with van der Waals surface area (Å²) in [6.07, 6.45) is 1.40. The first-order valence-electron chi connectivity index (χ1n) is 14.3. The van der Waals surface area contributed by atoms with E-state index >= 15 is 0 Å². The van der Waals surface area contributed by atoms with Gasteiger partial charge in [0.2, 0.25) is 5.91 Å². The molecule has 8 nitrogen and oxygen atoms in total. The highest BCUT2D eigenvalue weighted by Crippen LogP contribution is 2.44. The molecular formula is C33H35N3O5. The molecular weight excluding hydrogens is 518 g/mol. The van der Waals surface area contributed by atoms with Gasteiger partial charge in [-0.3, -0.25) is 9.69 Å². The summed E-state index contributed by atoms with van der Waals surface area (Å²) in [7, 11) is 0. The molecule has 1 aliphatic heterocycles. The number of nitrogens with one attached hydrogen (secondary N) is 2. The zero-order chi connectivity index (χ0) is 28.5. The number of nitrogens with zero attached hydrogens (tertiary/aromatic N) is 1. The lowest BCUT2D eigenvalue weighted by molar-refractivity contribution is -0.143. The van der Waals surface area contributed by atoms with Gasteiger partial charge < -0.3 is 20.5 Å². The highest BCUT2D eigenvalue weighted by molar-refractivity contribution is 5.90. The number of hydrogen-bond acceptors (Lipinski definition) is 5. The number of amides is 2. The molecule has 0 atom stereocenters. The van der Waals surface area contributed by atoms with Gasteiger partial charge in [-0.1, -0.05) is 78.9 Å². The van der Waals surface area contributed by atoms with Crippen molar-refractivity contribution in [2.24, 2.45) is 0 Å². The fraction of sp³-hybridized carbons (Fsp3) is 0.364. The quantitative estimate of drug-likeness (QED) is 0.355. The van der Waals surface area contributed by atoms with E-state index in [0.717, 1.165) is 28.8 Å². The van der Waals surface area contributed by atoms with Crippen molar-refractivity contribution in [2.75, 3.05) is 19.7 Å². The number of hydrogen-bond donors (Lipinski definition) is 3. The fourth-order valence-corrected chi connectivity index (χ4v) is 6.31. The van der Waals surface area contributed by atoms with Crippen LogP contribution in [0.3, 0.4) is 0 Å². The van der Waals surface area contributed by atoms with Crippen LogP contribution in [0.15, 0.2) is 78.9 Å². The SMILES string of the molecule is O=C(CC1(NC(=O)OCC2c3ccccc3-c3ccccc32)CCN(Cc2ccccc2)CC1)NC1(C(=O)O)CC1. The standard InChI is InChI=1S/C33H35N3O5/c37-29(34-33(14-15-33)30(38)39)20-32(16-18-36(19-17-32)21-23-8-2-1-3-9-23)35-31(40)41-22-28-26-12-6-4-10-24(26)25-11-5-7-13-27(25)28/h1-13,28H,14-22H2,(H,34,37)(H,35,40)(H,38,39). The molecule has 0 aromatic heterocycles. The molecule has 3 N–H and O–H groups in total. The Labute approximate surface area is 239 Å². The average Bonchev–Trinajstić information content (AvgIpc) is 3.69. The molecule has 212 valence electrons. The van der Waals surface area contributed by atoms with Gasteiger partial charge in [0.05, 0.1) is 5.54 Å². The lowest BCUT2D eigenvalue weighted by Crippen LogP contribution is -2.58. The number of ether oxygens (including phenoxy) is 1. The number of rotatable bonds is 9. The van der Waals surface area contributed by atoms with E-state index in [2.05, 4.69) is 51.9 Å².